The SMILES string of the molecule is COc1ccc(/C=C\C(=O)Nc2ccc([N+](=O)[O-])c(NC(=O)/C=C/c3ccc(OC)cc3)c2)cc1. The van der Waals surface area contributed by atoms with E-state index in [1.54, 1.807) is 74.9 Å². The average Bonchev–Trinajstić information content (AvgIpc) is 2.87. The normalized spacial score (nSPS) is 10.8. The molecule has 0 heterocycles. The Morgan fingerprint density at radius 2 is 1.26 bits per heavy atom. The minimum atomic E-state index is -0.613. The van der Waals surface area contributed by atoms with E-state index in [-0.39, 0.29) is 17.1 Å². The number of carbonyl (C=O) groups excluding carboxylic acids is 2. The molecule has 0 fully saturated rings. The standard InChI is InChI=1S/C26H23N3O6/c1-34-21-10-3-18(4-11-21)7-15-25(30)27-20-9-14-24(29(32)33)23(17-20)28-26(31)16-8-19-5-12-22(35-2)13-6-19/h3-17H,1-2H3,(H,27,30)(H,28,31)/b15-7-,16-8+. The van der Waals surface area contributed by atoms with Crippen LogP contribution in [0.1, 0.15) is 11.1 Å². The van der Waals surface area contributed by atoms with Crippen LogP contribution in [-0.4, -0.2) is 31.0 Å². The third kappa shape index (κ3) is 7.29. The lowest BCUT2D eigenvalue weighted by Gasteiger charge is -2.08. The third-order valence-corrected chi connectivity index (χ3v) is 4.80. The molecule has 178 valence electrons. The van der Waals surface area contributed by atoms with Crippen molar-refractivity contribution in [2.75, 3.05) is 24.9 Å². The first-order valence-electron chi connectivity index (χ1n) is 10.4. The molecule has 3 aromatic rings. The van der Waals surface area contributed by atoms with E-state index >= 15 is 0 Å². The Morgan fingerprint density at radius 3 is 1.71 bits per heavy atom. The van der Waals surface area contributed by atoms with Crippen molar-refractivity contribution in [2.24, 2.45) is 0 Å². The molecule has 0 saturated carbocycles. The van der Waals surface area contributed by atoms with Gasteiger partial charge in [-0.3, -0.25) is 19.7 Å². The number of anilines is 2. The number of nitrogens with zero attached hydrogens (tertiary/aromatic N) is 1. The van der Waals surface area contributed by atoms with Gasteiger partial charge in [0.1, 0.15) is 17.2 Å². The van der Waals surface area contributed by atoms with Crippen molar-refractivity contribution in [3.63, 3.8) is 0 Å². The molecule has 0 saturated heterocycles. The summed E-state index contributed by atoms with van der Waals surface area (Å²) >= 11 is 0. The van der Waals surface area contributed by atoms with Crippen LogP contribution >= 0.6 is 0 Å². The second-order valence-corrected chi connectivity index (χ2v) is 7.18. The Morgan fingerprint density at radius 1 is 0.771 bits per heavy atom. The van der Waals surface area contributed by atoms with Crippen LogP contribution in [0.3, 0.4) is 0 Å². The van der Waals surface area contributed by atoms with Gasteiger partial charge in [0.2, 0.25) is 11.8 Å². The lowest BCUT2D eigenvalue weighted by molar-refractivity contribution is -0.383. The highest BCUT2D eigenvalue weighted by molar-refractivity contribution is 6.05. The Hall–Kier alpha value is -4.92. The van der Waals surface area contributed by atoms with Gasteiger partial charge in [-0.15, -0.1) is 0 Å². The van der Waals surface area contributed by atoms with Gasteiger partial charge < -0.3 is 20.1 Å². The maximum atomic E-state index is 12.4. The molecule has 0 radical (unpaired) electrons. The van der Waals surface area contributed by atoms with E-state index in [4.69, 9.17) is 9.47 Å². The molecular formula is C26H23N3O6. The topological polar surface area (TPSA) is 120 Å². The molecule has 0 aliphatic heterocycles. The highest BCUT2D eigenvalue weighted by Crippen LogP contribution is 2.28. The average molecular weight is 473 g/mol. The summed E-state index contributed by atoms with van der Waals surface area (Å²) in [5.41, 5.74) is 1.48. The fourth-order valence-electron chi connectivity index (χ4n) is 3.01. The van der Waals surface area contributed by atoms with Gasteiger partial charge in [0.05, 0.1) is 19.1 Å². The van der Waals surface area contributed by atoms with Crippen LogP contribution in [0.25, 0.3) is 12.2 Å². The molecule has 0 unspecified atom stereocenters. The van der Waals surface area contributed by atoms with Crippen LogP contribution in [-0.2, 0) is 9.59 Å². The van der Waals surface area contributed by atoms with Crippen molar-refractivity contribution in [2.45, 2.75) is 0 Å². The van der Waals surface area contributed by atoms with E-state index in [0.29, 0.717) is 11.5 Å². The fourth-order valence-corrected chi connectivity index (χ4v) is 3.01. The largest absolute Gasteiger partial charge is 0.497 e. The van der Waals surface area contributed by atoms with Crippen LogP contribution in [0.15, 0.2) is 78.9 Å². The van der Waals surface area contributed by atoms with E-state index in [1.165, 1.54) is 30.4 Å². The van der Waals surface area contributed by atoms with E-state index in [0.717, 1.165) is 11.1 Å². The predicted octanol–water partition coefficient (Wildman–Crippen LogP) is 4.92. The molecule has 9 nitrogen and oxygen atoms in total. The summed E-state index contributed by atoms with van der Waals surface area (Å²) in [7, 11) is 3.12. The summed E-state index contributed by atoms with van der Waals surface area (Å²) < 4.78 is 10.2. The number of hydrogen-bond donors (Lipinski definition) is 2. The van der Waals surface area contributed by atoms with Crippen LogP contribution in [0.5, 0.6) is 11.5 Å². The number of nitrogens with one attached hydrogen (secondary N) is 2. The second-order valence-electron chi connectivity index (χ2n) is 7.18. The first-order chi connectivity index (χ1) is 16.9. The van der Waals surface area contributed by atoms with Crippen LogP contribution < -0.4 is 20.1 Å². The maximum Gasteiger partial charge on any atom is 0.292 e. The summed E-state index contributed by atoms with van der Waals surface area (Å²) in [6.45, 7) is 0. The molecule has 9 heteroatoms. The first-order valence-corrected chi connectivity index (χ1v) is 10.4. The molecule has 35 heavy (non-hydrogen) atoms. The molecular weight excluding hydrogens is 450 g/mol. The Bertz CT molecular complexity index is 1270. The molecule has 0 spiro atoms. The van der Waals surface area contributed by atoms with E-state index in [2.05, 4.69) is 10.6 Å². The second kappa shape index (κ2) is 11.8. The summed E-state index contributed by atoms with van der Waals surface area (Å²) in [4.78, 5) is 35.5. The molecule has 3 rings (SSSR count). The van der Waals surface area contributed by atoms with Gasteiger partial charge in [-0.2, -0.15) is 0 Å². The molecule has 0 bridgehead atoms. The van der Waals surface area contributed by atoms with E-state index in [1.807, 2.05) is 0 Å². The summed E-state index contributed by atoms with van der Waals surface area (Å²) in [5, 5.41) is 16.5. The molecule has 2 amide bonds. The number of carbonyl (C=O) groups is 2. The van der Waals surface area contributed by atoms with Crippen molar-refractivity contribution in [3.05, 3.63) is 100 Å². The van der Waals surface area contributed by atoms with E-state index in [9.17, 15) is 19.7 Å². The number of amides is 2. The number of nitro benzene ring substituents is 1. The smallest absolute Gasteiger partial charge is 0.292 e. The monoisotopic (exact) mass is 473 g/mol. The van der Waals surface area contributed by atoms with Crippen molar-refractivity contribution in [1.82, 2.24) is 0 Å². The summed E-state index contributed by atoms with van der Waals surface area (Å²) in [6, 6.07) is 18.1. The van der Waals surface area contributed by atoms with Gasteiger partial charge in [0.15, 0.2) is 0 Å². The highest BCUT2D eigenvalue weighted by Gasteiger charge is 2.16. The van der Waals surface area contributed by atoms with Crippen molar-refractivity contribution in [3.8, 4) is 11.5 Å². The first kappa shape index (κ1) is 24.7. The number of benzene rings is 3. The van der Waals surface area contributed by atoms with E-state index < -0.39 is 16.7 Å². The third-order valence-electron chi connectivity index (χ3n) is 4.80. The van der Waals surface area contributed by atoms with Crippen LogP contribution in [0, 0.1) is 10.1 Å². The Kier molecular flexibility index (Phi) is 8.33. The number of rotatable bonds is 9. The molecule has 0 aliphatic carbocycles. The van der Waals surface area contributed by atoms with Crippen LogP contribution in [0.4, 0.5) is 17.1 Å². The molecule has 2 N–H and O–H groups in total. The number of hydrogen-bond acceptors (Lipinski definition) is 6. The Balaban J connectivity index is 1.69. The van der Waals surface area contributed by atoms with Crippen molar-refractivity contribution < 1.29 is 24.0 Å². The molecule has 3 aromatic carbocycles. The minimum Gasteiger partial charge on any atom is -0.497 e. The van der Waals surface area contributed by atoms with Crippen LogP contribution in [0.2, 0.25) is 0 Å². The predicted molar refractivity (Wildman–Crippen MR) is 134 cm³/mol. The molecule has 0 aliphatic rings. The zero-order valence-electron chi connectivity index (χ0n) is 19.1. The van der Waals surface area contributed by atoms with Gasteiger partial charge in [-0.05, 0) is 59.7 Å². The lowest BCUT2D eigenvalue weighted by atomic mass is 10.2. The van der Waals surface area contributed by atoms with Gasteiger partial charge in [-0.25, -0.2) is 0 Å². The summed E-state index contributed by atoms with van der Waals surface area (Å²) in [5.74, 6) is 0.379. The fraction of sp³-hybridized carbons (Fsp3) is 0.0769. The maximum absolute atomic E-state index is 12.4. The minimum absolute atomic E-state index is 0.0451. The summed E-state index contributed by atoms with van der Waals surface area (Å²) in [6.07, 6.45) is 5.77. The zero-order valence-corrected chi connectivity index (χ0v) is 19.1. The number of nitro groups is 1. The van der Waals surface area contributed by atoms with Gasteiger partial charge in [0.25, 0.3) is 5.69 Å². The van der Waals surface area contributed by atoms with Gasteiger partial charge in [-0.1, -0.05) is 24.3 Å². The highest BCUT2D eigenvalue weighted by atomic mass is 16.6. The number of methoxy groups -OCH3 is 2. The lowest BCUT2D eigenvalue weighted by Crippen LogP contribution is -2.12. The molecule has 0 aromatic heterocycles. The van der Waals surface area contributed by atoms with Crippen molar-refractivity contribution >= 4 is 41.0 Å². The molecule has 0 atom stereocenters. The quantitative estimate of drug-likeness (QED) is 0.259. The zero-order chi connectivity index (χ0) is 25.2. The van der Waals surface area contributed by atoms with Crippen molar-refractivity contribution in [1.29, 1.82) is 0 Å². The van der Waals surface area contributed by atoms with Gasteiger partial charge >= 0.3 is 0 Å². The van der Waals surface area contributed by atoms with Gasteiger partial charge in [0, 0.05) is 23.9 Å². The number of ether oxygens (including phenoxy) is 2. The Labute approximate surface area is 201 Å².